The highest BCUT2D eigenvalue weighted by Gasteiger charge is 2.52. The van der Waals surface area contributed by atoms with Crippen LogP contribution < -0.4 is 11.1 Å². The topological polar surface area (TPSA) is 92.4 Å². The molecular weight excluding hydrogens is 493 g/mol. The van der Waals surface area contributed by atoms with Gasteiger partial charge in [-0.1, -0.05) is 84.9 Å². The molecule has 0 saturated heterocycles. The van der Waals surface area contributed by atoms with Gasteiger partial charge in [0.2, 0.25) is 0 Å². The zero-order chi connectivity index (χ0) is 27.3. The van der Waals surface area contributed by atoms with Crippen LogP contribution in [-0.4, -0.2) is 23.2 Å². The molecule has 4 aromatic rings. The lowest BCUT2D eigenvalue weighted by molar-refractivity contribution is -0.192. The average molecular weight is 519 g/mol. The summed E-state index contributed by atoms with van der Waals surface area (Å²) in [5.74, 6) is -2.56. The van der Waals surface area contributed by atoms with Crippen molar-refractivity contribution in [2.24, 2.45) is 5.73 Å². The van der Waals surface area contributed by atoms with Crippen molar-refractivity contribution in [2.45, 2.75) is 24.1 Å². The van der Waals surface area contributed by atoms with Gasteiger partial charge >= 0.3 is 12.1 Å². The fourth-order valence-corrected chi connectivity index (χ4v) is 4.21. The van der Waals surface area contributed by atoms with Crippen LogP contribution in [-0.2, 0) is 10.3 Å². The van der Waals surface area contributed by atoms with Crippen molar-refractivity contribution in [3.05, 3.63) is 126 Å². The van der Waals surface area contributed by atoms with Gasteiger partial charge < -0.3 is 16.2 Å². The lowest BCUT2D eigenvalue weighted by Gasteiger charge is -2.13. The lowest BCUT2D eigenvalue weighted by Crippen LogP contribution is -2.21. The van der Waals surface area contributed by atoms with Gasteiger partial charge in [0, 0.05) is 22.7 Å². The molecule has 38 heavy (non-hydrogen) atoms. The molecule has 194 valence electrons. The van der Waals surface area contributed by atoms with Gasteiger partial charge in [0.15, 0.2) is 0 Å². The Bertz CT molecular complexity index is 1390. The summed E-state index contributed by atoms with van der Waals surface area (Å²) in [5, 5.41) is 10.1. The summed E-state index contributed by atoms with van der Waals surface area (Å²) in [6, 6.07) is 36.1. The third-order valence-corrected chi connectivity index (χ3v) is 6.38. The van der Waals surface area contributed by atoms with Crippen LogP contribution in [0.3, 0.4) is 0 Å². The van der Waals surface area contributed by atoms with E-state index in [0.29, 0.717) is 11.5 Å². The molecule has 0 radical (unpaired) electrons. The van der Waals surface area contributed by atoms with Crippen LogP contribution in [0.2, 0.25) is 0 Å². The van der Waals surface area contributed by atoms with Crippen molar-refractivity contribution in [1.29, 1.82) is 0 Å². The third-order valence-electron chi connectivity index (χ3n) is 6.38. The number of carboxylic acids is 1. The minimum absolute atomic E-state index is 0.115. The van der Waals surface area contributed by atoms with Gasteiger partial charge in [0.25, 0.3) is 5.91 Å². The Hall–Kier alpha value is -4.43. The van der Waals surface area contributed by atoms with Crippen molar-refractivity contribution >= 4 is 17.6 Å². The second kappa shape index (κ2) is 10.9. The molecule has 0 spiro atoms. The summed E-state index contributed by atoms with van der Waals surface area (Å²) >= 11 is 0. The summed E-state index contributed by atoms with van der Waals surface area (Å²) in [6.45, 7) is 0. The fourth-order valence-electron chi connectivity index (χ4n) is 4.21. The second-order valence-electron chi connectivity index (χ2n) is 8.99. The Morgan fingerprint density at radius 1 is 0.789 bits per heavy atom. The summed E-state index contributed by atoms with van der Waals surface area (Å²) in [7, 11) is 0. The van der Waals surface area contributed by atoms with E-state index in [2.05, 4.69) is 41.7 Å². The van der Waals surface area contributed by atoms with E-state index in [-0.39, 0.29) is 11.4 Å². The van der Waals surface area contributed by atoms with Crippen LogP contribution in [0, 0.1) is 0 Å². The number of carbonyl (C=O) groups excluding carboxylic acids is 1. The van der Waals surface area contributed by atoms with Gasteiger partial charge in [0.1, 0.15) is 0 Å². The number of aliphatic carboxylic acids is 1. The van der Waals surface area contributed by atoms with E-state index < -0.39 is 12.1 Å². The van der Waals surface area contributed by atoms with Gasteiger partial charge in [0.05, 0.1) is 0 Å². The minimum Gasteiger partial charge on any atom is -0.475 e. The maximum absolute atomic E-state index is 12.7. The number of alkyl halides is 3. The predicted octanol–water partition coefficient (Wildman–Crippen LogP) is 6.58. The van der Waals surface area contributed by atoms with Crippen molar-refractivity contribution in [3.63, 3.8) is 0 Å². The van der Waals surface area contributed by atoms with E-state index in [4.69, 9.17) is 15.6 Å². The van der Waals surface area contributed by atoms with Crippen molar-refractivity contribution in [3.8, 4) is 11.1 Å². The maximum atomic E-state index is 12.7. The van der Waals surface area contributed by atoms with Crippen LogP contribution >= 0.6 is 0 Å². The van der Waals surface area contributed by atoms with E-state index in [1.807, 2.05) is 72.8 Å². The van der Waals surface area contributed by atoms with Gasteiger partial charge in [-0.2, -0.15) is 13.2 Å². The number of amides is 1. The third kappa shape index (κ3) is 6.27. The van der Waals surface area contributed by atoms with Gasteiger partial charge in [-0.25, -0.2) is 4.79 Å². The van der Waals surface area contributed by atoms with E-state index >= 15 is 0 Å². The molecule has 0 heterocycles. The number of rotatable bonds is 5. The Morgan fingerprint density at radius 2 is 1.29 bits per heavy atom. The van der Waals surface area contributed by atoms with Gasteiger partial charge in [-0.15, -0.1) is 0 Å². The smallest absolute Gasteiger partial charge is 0.475 e. The highest BCUT2D eigenvalue weighted by Crippen LogP contribution is 2.56. The molecule has 1 fully saturated rings. The number of halogens is 3. The molecular formula is C30H25F3N2O3. The van der Waals surface area contributed by atoms with Crippen molar-refractivity contribution in [2.75, 3.05) is 5.32 Å². The van der Waals surface area contributed by atoms with E-state index in [1.165, 1.54) is 11.1 Å². The molecule has 2 atom stereocenters. The number of nitrogens with one attached hydrogen (secondary N) is 1. The van der Waals surface area contributed by atoms with E-state index in [0.717, 1.165) is 23.2 Å². The predicted molar refractivity (Wildman–Crippen MR) is 140 cm³/mol. The number of carboxylic acid groups (broad SMARTS) is 1. The zero-order valence-electron chi connectivity index (χ0n) is 20.2. The van der Waals surface area contributed by atoms with Crippen LogP contribution in [0.1, 0.15) is 33.8 Å². The number of hydrogen-bond acceptors (Lipinski definition) is 3. The molecule has 1 aliphatic rings. The average Bonchev–Trinajstić information content (AvgIpc) is 3.62. The number of hydrogen-bond donors (Lipinski definition) is 3. The zero-order valence-corrected chi connectivity index (χ0v) is 20.2. The number of carbonyl (C=O) groups is 2. The molecule has 0 bridgehead atoms. The quantitative estimate of drug-likeness (QED) is 0.278. The first-order valence-electron chi connectivity index (χ1n) is 11.8. The minimum atomic E-state index is -5.08. The van der Waals surface area contributed by atoms with Crippen LogP contribution in [0.5, 0.6) is 0 Å². The standard InChI is InChI=1S/C28H24N2O.C2HF3O2/c29-28(24-9-5-2-6-10-24)19-26(28)22-15-17-25(18-16-22)30-27(31)23-13-11-21(12-14-23)20-7-3-1-4-8-20;3-2(4,5)1(6)7/h1-18,26H,19,29H2,(H,30,31);(H,6,7). The summed E-state index contributed by atoms with van der Waals surface area (Å²) in [5.41, 5.74) is 12.4. The first-order chi connectivity index (χ1) is 18.1. The summed E-state index contributed by atoms with van der Waals surface area (Å²) in [6.07, 6.45) is -4.14. The fraction of sp³-hybridized carbons (Fsp3) is 0.133. The van der Waals surface area contributed by atoms with E-state index in [1.54, 1.807) is 0 Å². The number of nitrogens with two attached hydrogens (primary N) is 1. The molecule has 4 aromatic carbocycles. The molecule has 8 heteroatoms. The summed E-state index contributed by atoms with van der Waals surface area (Å²) < 4.78 is 31.7. The normalized spacial score (nSPS) is 18.1. The molecule has 0 aromatic heterocycles. The molecule has 5 rings (SSSR count). The molecule has 1 aliphatic carbocycles. The summed E-state index contributed by atoms with van der Waals surface area (Å²) in [4.78, 5) is 21.5. The Kier molecular flexibility index (Phi) is 7.64. The SMILES string of the molecule is NC1(c2ccccc2)CC1c1ccc(NC(=O)c2ccc(-c3ccccc3)cc2)cc1.O=C(O)C(F)(F)F. The first kappa shape index (κ1) is 26.6. The lowest BCUT2D eigenvalue weighted by atomic mass is 9.99. The molecule has 1 amide bonds. The van der Waals surface area contributed by atoms with E-state index in [9.17, 15) is 18.0 Å². The van der Waals surface area contributed by atoms with Gasteiger partial charge in [-0.3, -0.25) is 4.79 Å². The van der Waals surface area contributed by atoms with Crippen molar-refractivity contribution in [1.82, 2.24) is 0 Å². The van der Waals surface area contributed by atoms with Crippen LogP contribution in [0.15, 0.2) is 109 Å². The first-order valence-corrected chi connectivity index (χ1v) is 11.8. The highest BCUT2D eigenvalue weighted by atomic mass is 19.4. The second-order valence-corrected chi connectivity index (χ2v) is 8.99. The Morgan fingerprint density at radius 3 is 1.82 bits per heavy atom. The number of anilines is 1. The van der Waals surface area contributed by atoms with Gasteiger partial charge in [-0.05, 0) is 52.9 Å². The molecule has 4 N–H and O–H groups in total. The molecule has 2 unspecified atom stereocenters. The van der Waals surface area contributed by atoms with Crippen LogP contribution in [0.25, 0.3) is 11.1 Å². The molecule has 1 saturated carbocycles. The largest absolute Gasteiger partial charge is 0.490 e. The van der Waals surface area contributed by atoms with Crippen LogP contribution in [0.4, 0.5) is 18.9 Å². The molecule has 0 aliphatic heterocycles. The highest BCUT2D eigenvalue weighted by molar-refractivity contribution is 6.04. The monoisotopic (exact) mass is 518 g/mol. The Labute approximate surface area is 217 Å². The van der Waals surface area contributed by atoms with Crippen molar-refractivity contribution < 1.29 is 27.9 Å². The number of benzene rings is 4. The molecule has 5 nitrogen and oxygen atoms in total. The Balaban J connectivity index is 0.000000426. The maximum Gasteiger partial charge on any atom is 0.490 e.